The molecule has 0 aromatic heterocycles. The number of rotatable bonds is 3. The molecule has 1 rings (SSSR count). The van der Waals surface area contributed by atoms with Crippen molar-refractivity contribution < 1.29 is 9.59 Å². The maximum Gasteiger partial charge on any atom is 0.239 e. The highest BCUT2D eigenvalue weighted by atomic mass is 16.2. The predicted molar refractivity (Wildman–Crippen MR) is 52.6 cm³/mol. The molecule has 1 aliphatic heterocycles. The van der Waals surface area contributed by atoms with Gasteiger partial charge in [-0.25, -0.2) is 0 Å². The Morgan fingerprint density at radius 2 is 2.14 bits per heavy atom. The minimum absolute atomic E-state index is 0.000318. The molecule has 2 amide bonds. The second-order valence-electron chi connectivity index (χ2n) is 3.63. The molecule has 0 saturated carbocycles. The number of nitrogens with one attached hydrogen (secondary N) is 3. The zero-order chi connectivity index (χ0) is 10.6. The molecule has 1 fully saturated rings. The summed E-state index contributed by atoms with van der Waals surface area (Å²) >= 11 is 0. The topological polar surface area (TPSA) is 70.2 Å². The van der Waals surface area contributed by atoms with Crippen LogP contribution in [0.3, 0.4) is 0 Å². The molecule has 0 aromatic rings. The number of carbonyl (C=O) groups excluding carboxylic acids is 2. The monoisotopic (exact) mass is 199 g/mol. The van der Waals surface area contributed by atoms with Crippen molar-refractivity contribution in [2.75, 3.05) is 26.7 Å². The van der Waals surface area contributed by atoms with Gasteiger partial charge in [-0.05, 0) is 12.5 Å². The first-order chi connectivity index (χ1) is 6.65. The molecule has 5 nitrogen and oxygen atoms in total. The lowest BCUT2D eigenvalue weighted by molar-refractivity contribution is -0.128. The van der Waals surface area contributed by atoms with Gasteiger partial charge in [0.15, 0.2) is 0 Å². The molecular weight excluding hydrogens is 182 g/mol. The third-order valence-corrected chi connectivity index (χ3v) is 2.56. The van der Waals surface area contributed by atoms with Gasteiger partial charge in [-0.3, -0.25) is 9.59 Å². The first-order valence-corrected chi connectivity index (χ1v) is 4.84. The minimum atomic E-state index is -0.169. The zero-order valence-corrected chi connectivity index (χ0v) is 8.59. The summed E-state index contributed by atoms with van der Waals surface area (Å²) in [4.78, 5) is 22.4. The van der Waals surface area contributed by atoms with E-state index in [9.17, 15) is 9.59 Å². The van der Waals surface area contributed by atoms with Crippen molar-refractivity contribution in [2.45, 2.75) is 6.92 Å². The molecule has 3 N–H and O–H groups in total. The Labute approximate surface area is 83.6 Å². The van der Waals surface area contributed by atoms with E-state index in [1.807, 2.05) is 6.92 Å². The van der Waals surface area contributed by atoms with Gasteiger partial charge in [-0.1, -0.05) is 6.92 Å². The van der Waals surface area contributed by atoms with Gasteiger partial charge >= 0.3 is 0 Å². The maximum absolute atomic E-state index is 11.5. The lowest BCUT2D eigenvalue weighted by atomic mass is 9.97. The average Bonchev–Trinajstić information content (AvgIpc) is 2.60. The van der Waals surface area contributed by atoms with Gasteiger partial charge in [0.25, 0.3) is 0 Å². The van der Waals surface area contributed by atoms with Crippen molar-refractivity contribution >= 4 is 11.8 Å². The first kappa shape index (κ1) is 11.0. The van der Waals surface area contributed by atoms with Crippen LogP contribution in [0.1, 0.15) is 6.92 Å². The van der Waals surface area contributed by atoms with Crippen molar-refractivity contribution in [2.24, 2.45) is 11.8 Å². The number of amides is 2. The van der Waals surface area contributed by atoms with E-state index in [0.717, 1.165) is 6.54 Å². The van der Waals surface area contributed by atoms with Crippen LogP contribution in [0.2, 0.25) is 0 Å². The van der Waals surface area contributed by atoms with Crippen LogP contribution in [0.5, 0.6) is 0 Å². The van der Waals surface area contributed by atoms with Crippen molar-refractivity contribution in [3.63, 3.8) is 0 Å². The zero-order valence-electron chi connectivity index (χ0n) is 8.59. The van der Waals surface area contributed by atoms with E-state index in [-0.39, 0.29) is 24.3 Å². The first-order valence-electron chi connectivity index (χ1n) is 4.84. The van der Waals surface area contributed by atoms with Gasteiger partial charge in [0.2, 0.25) is 11.8 Å². The second kappa shape index (κ2) is 4.95. The molecule has 0 spiro atoms. The van der Waals surface area contributed by atoms with Crippen molar-refractivity contribution in [1.82, 2.24) is 16.0 Å². The summed E-state index contributed by atoms with van der Waals surface area (Å²) in [6, 6.07) is 0. The maximum atomic E-state index is 11.5. The molecule has 2 unspecified atom stereocenters. The number of hydrogen-bond acceptors (Lipinski definition) is 3. The Hall–Kier alpha value is -1.10. The van der Waals surface area contributed by atoms with E-state index >= 15 is 0 Å². The van der Waals surface area contributed by atoms with Crippen LogP contribution < -0.4 is 16.0 Å². The lowest BCUT2D eigenvalue weighted by Crippen LogP contribution is -2.40. The molecule has 14 heavy (non-hydrogen) atoms. The standard InChI is InChI=1S/C9H17N3O2/c1-6-3-11-4-7(6)9(14)12-5-8(13)10-2/h6-7,11H,3-5H2,1-2H3,(H,10,13)(H,12,14). The van der Waals surface area contributed by atoms with Crippen molar-refractivity contribution in [3.8, 4) is 0 Å². The molecule has 0 aromatic carbocycles. The summed E-state index contributed by atoms with van der Waals surface area (Å²) in [5.74, 6) is 0.141. The highest BCUT2D eigenvalue weighted by Gasteiger charge is 2.29. The van der Waals surface area contributed by atoms with Gasteiger partial charge in [0.1, 0.15) is 0 Å². The molecule has 1 heterocycles. The summed E-state index contributed by atoms with van der Waals surface area (Å²) in [5, 5.41) is 8.21. The van der Waals surface area contributed by atoms with Gasteiger partial charge in [0.05, 0.1) is 12.5 Å². The third kappa shape index (κ3) is 2.70. The largest absolute Gasteiger partial charge is 0.358 e. The van der Waals surface area contributed by atoms with Crippen LogP contribution in [-0.4, -0.2) is 38.5 Å². The van der Waals surface area contributed by atoms with Crippen LogP contribution in [0.15, 0.2) is 0 Å². The van der Waals surface area contributed by atoms with E-state index < -0.39 is 0 Å². The molecular formula is C9H17N3O2. The van der Waals surface area contributed by atoms with Gasteiger partial charge in [-0.15, -0.1) is 0 Å². The van der Waals surface area contributed by atoms with Gasteiger partial charge in [-0.2, -0.15) is 0 Å². The highest BCUT2D eigenvalue weighted by Crippen LogP contribution is 2.15. The minimum Gasteiger partial charge on any atom is -0.358 e. The van der Waals surface area contributed by atoms with E-state index in [2.05, 4.69) is 16.0 Å². The molecule has 0 bridgehead atoms. The lowest BCUT2D eigenvalue weighted by Gasteiger charge is -2.13. The molecule has 1 aliphatic rings. The molecule has 0 radical (unpaired) electrons. The van der Waals surface area contributed by atoms with Crippen molar-refractivity contribution in [1.29, 1.82) is 0 Å². The van der Waals surface area contributed by atoms with Crippen LogP contribution in [0.4, 0.5) is 0 Å². The van der Waals surface area contributed by atoms with Crippen LogP contribution in [0.25, 0.3) is 0 Å². The summed E-state index contributed by atoms with van der Waals surface area (Å²) in [6.45, 7) is 3.68. The SMILES string of the molecule is CNC(=O)CNC(=O)C1CNCC1C. The van der Waals surface area contributed by atoms with Crippen LogP contribution in [0, 0.1) is 11.8 Å². The van der Waals surface area contributed by atoms with Crippen LogP contribution in [-0.2, 0) is 9.59 Å². The summed E-state index contributed by atoms with van der Waals surface area (Å²) < 4.78 is 0. The fraction of sp³-hybridized carbons (Fsp3) is 0.778. The van der Waals surface area contributed by atoms with Crippen molar-refractivity contribution in [3.05, 3.63) is 0 Å². The van der Waals surface area contributed by atoms with E-state index in [0.29, 0.717) is 12.5 Å². The highest BCUT2D eigenvalue weighted by molar-refractivity contribution is 5.86. The Kier molecular flexibility index (Phi) is 3.88. The quantitative estimate of drug-likeness (QED) is 0.529. The Morgan fingerprint density at radius 3 is 2.64 bits per heavy atom. The van der Waals surface area contributed by atoms with E-state index in [4.69, 9.17) is 0 Å². The molecule has 0 aliphatic carbocycles. The summed E-state index contributed by atoms with van der Waals surface area (Å²) in [7, 11) is 1.55. The normalized spacial score (nSPS) is 25.9. The average molecular weight is 199 g/mol. The third-order valence-electron chi connectivity index (χ3n) is 2.56. The Balaban J connectivity index is 2.31. The number of carbonyl (C=O) groups is 2. The molecule has 1 saturated heterocycles. The smallest absolute Gasteiger partial charge is 0.239 e. The molecule has 2 atom stereocenters. The second-order valence-corrected chi connectivity index (χ2v) is 3.63. The number of hydrogen-bond donors (Lipinski definition) is 3. The predicted octanol–water partition coefficient (Wildman–Crippen LogP) is -1.30. The molecule has 80 valence electrons. The Bertz CT molecular complexity index is 230. The number of likely N-dealkylation sites (N-methyl/N-ethyl adjacent to an activating group) is 1. The van der Waals surface area contributed by atoms with E-state index in [1.54, 1.807) is 7.05 Å². The fourth-order valence-corrected chi connectivity index (χ4v) is 1.55. The van der Waals surface area contributed by atoms with Gasteiger partial charge in [0, 0.05) is 13.6 Å². The van der Waals surface area contributed by atoms with E-state index in [1.165, 1.54) is 0 Å². The molecule has 5 heteroatoms. The summed E-state index contributed by atoms with van der Waals surface area (Å²) in [6.07, 6.45) is 0. The van der Waals surface area contributed by atoms with Crippen LogP contribution >= 0.6 is 0 Å². The summed E-state index contributed by atoms with van der Waals surface area (Å²) in [5.41, 5.74) is 0. The van der Waals surface area contributed by atoms with Gasteiger partial charge < -0.3 is 16.0 Å². The fourth-order valence-electron chi connectivity index (χ4n) is 1.55. The Morgan fingerprint density at radius 1 is 1.43 bits per heavy atom.